The molecule has 0 aromatic carbocycles. The molecule has 0 saturated carbocycles. The van der Waals surface area contributed by atoms with Crippen LogP contribution < -0.4 is 45.4 Å². The Morgan fingerprint density at radius 1 is 0.727 bits per heavy atom. The summed E-state index contributed by atoms with van der Waals surface area (Å²) in [7, 11) is 0. The summed E-state index contributed by atoms with van der Waals surface area (Å²) in [4.78, 5) is 21.6. The van der Waals surface area contributed by atoms with Crippen LogP contribution in [-0.2, 0) is 22.7 Å². The first-order chi connectivity index (χ1) is 9.54. The first kappa shape index (κ1) is 19.8. The predicted octanol–water partition coefficient (Wildman–Crippen LogP) is -7.09. The number of primary amides is 2. The van der Waals surface area contributed by atoms with E-state index in [9.17, 15) is 9.59 Å². The summed E-state index contributed by atoms with van der Waals surface area (Å²) in [5.74, 6) is -0.759. The van der Waals surface area contributed by atoms with Gasteiger partial charge in [0.1, 0.15) is 0 Å². The van der Waals surface area contributed by atoms with Gasteiger partial charge in [-0.05, 0) is 11.1 Å². The monoisotopic (exact) mass is 342 g/mol. The Morgan fingerprint density at radius 3 is 1.23 bits per heavy atom. The van der Waals surface area contributed by atoms with E-state index in [0.717, 1.165) is 11.1 Å². The lowest BCUT2D eigenvalue weighted by Crippen LogP contribution is -3.00. The Bertz CT molecular complexity index is 573. The average Bonchev–Trinajstić information content (AvgIpc) is 2.39. The van der Waals surface area contributed by atoms with Crippen LogP contribution in [0.2, 0.25) is 0 Å². The summed E-state index contributed by atoms with van der Waals surface area (Å²) < 4.78 is 3.42. The fraction of sp³-hybridized carbons (Fsp3) is 0.143. The minimum atomic E-state index is -0.380. The van der Waals surface area contributed by atoms with Crippen LogP contribution in [0.5, 0.6) is 0 Å². The molecule has 22 heavy (non-hydrogen) atoms. The number of hydrogen-bond acceptors (Lipinski definition) is 2. The molecule has 2 amide bonds. The van der Waals surface area contributed by atoms with Crippen molar-refractivity contribution in [2.45, 2.75) is 13.1 Å². The minimum Gasteiger partial charge on any atom is -1.00 e. The van der Waals surface area contributed by atoms with Crippen molar-refractivity contribution in [1.29, 1.82) is 0 Å². The maximum atomic E-state index is 10.8. The first-order valence-corrected chi connectivity index (χ1v) is 6.10. The Hall–Kier alpha value is -2.18. The molecule has 2 heterocycles. The van der Waals surface area contributed by atoms with Crippen molar-refractivity contribution in [2.24, 2.45) is 11.5 Å². The SMILES string of the molecule is NC(=O)C[n+]1ccc(-c2cc[n+](CC(N)=O)cc2)cc1.[Cl-].[Cl-]. The van der Waals surface area contributed by atoms with Gasteiger partial charge in [0.2, 0.25) is 13.1 Å². The second kappa shape index (κ2) is 8.96. The molecule has 0 aliphatic heterocycles. The van der Waals surface area contributed by atoms with E-state index in [2.05, 4.69) is 0 Å². The van der Waals surface area contributed by atoms with Gasteiger partial charge < -0.3 is 36.3 Å². The fourth-order valence-corrected chi connectivity index (χ4v) is 1.87. The highest BCUT2D eigenvalue weighted by Crippen LogP contribution is 2.15. The van der Waals surface area contributed by atoms with Crippen molar-refractivity contribution < 1.29 is 43.5 Å². The van der Waals surface area contributed by atoms with Gasteiger partial charge in [-0.15, -0.1) is 0 Å². The summed E-state index contributed by atoms with van der Waals surface area (Å²) in [6.07, 6.45) is 7.18. The van der Waals surface area contributed by atoms with E-state index in [1.807, 2.05) is 24.3 Å². The number of rotatable bonds is 5. The first-order valence-electron chi connectivity index (χ1n) is 6.10. The number of pyridine rings is 2. The molecule has 0 aliphatic carbocycles. The van der Waals surface area contributed by atoms with Crippen molar-refractivity contribution in [1.82, 2.24) is 0 Å². The molecule has 0 unspecified atom stereocenters. The lowest BCUT2D eigenvalue weighted by Gasteiger charge is -2.00. The lowest BCUT2D eigenvalue weighted by molar-refractivity contribution is -0.684. The third kappa shape index (κ3) is 5.67. The van der Waals surface area contributed by atoms with Crippen LogP contribution in [0.1, 0.15) is 0 Å². The normalized spacial score (nSPS) is 9.27. The Morgan fingerprint density at radius 2 is 1.00 bits per heavy atom. The molecule has 2 aromatic rings. The molecule has 0 bridgehead atoms. The van der Waals surface area contributed by atoms with Crippen LogP contribution in [0.3, 0.4) is 0 Å². The average molecular weight is 343 g/mol. The lowest BCUT2D eigenvalue weighted by atomic mass is 10.1. The van der Waals surface area contributed by atoms with Gasteiger partial charge in [-0.3, -0.25) is 9.59 Å². The number of hydrogen-bond donors (Lipinski definition) is 2. The summed E-state index contributed by atoms with van der Waals surface area (Å²) >= 11 is 0. The highest BCUT2D eigenvalue weighted by atomic mass is 35.5. The Labute approximate surface area is 140 Å². The van der Waals surface area contributed by atoms with Crippen LogP contribution in [0.4, 0.5) is 0 Å². The molecule has 0 aliphatic rings. The summed E-state index contributed by atoms with van der Waals surface area (Å²) in [5.41, 5.74) is 12.3. The van der Waals surface area contributed by atoms with Crippen LogP contribution in [0.15, 0.2) is 49.1 Å². The zero-order valence-corrected chi connectivity index (χ0v) is 13.2. The maximum Gasteiger partial charge on any atom is 0.283 e. The molecular weight excluding hydrogens is 327 g/mol. The molecule has 8 heteroatoms. The number of halogens is 2. The molecule has 0 atom stereocenters. The number of nitrogens with two attached hydrogens (primary N) is 2. The molecule has 0 saturated heterocycles. The van der Waals surface area contributed by atoms with Crippen molar-refractivity contribution in [2.75, 3.05) is 0 Å². The molecule has 6 nitrogen and oxygen atoms in total. The van der Waals surface area contributed by atoms with Gasteiger partial charge in [0.15, 0.2) is 24.8 Å². The van der Waals surface area contributed by atoms with Gasteiger partial charge in [0, 0.05) is 24.3 Å². The van der Waals surface area contributed by atoms with E-state index in [1.165, 1.54) is 0 Å². The Balaban J connectivity index is 0.00000220. The minimum absolute atomic E-state index is 0. The standard InChI is InChI=1S/C14H14N4O2.2ClH/c15-13(19)9-17-5-1-11(2-6-17)12-3-7-18(8-4-12)10-14(16)20;;/h1-8H,9-10H2,(H2-2,15,16,19,20);2*1H. The van der Waals surface area contributed by atoms with E-state index in [-0.39, 0.29) is 49.7 Å². The Kier molecular flexibility index (Phi) is 8.08. The summed E-state index contributed by atoms with van der Waals surface area (Å²) in [5, 5.41) is 0. The molecule has 0 fully saturated rings. The number of aromatic nitrogens is 2. The molecular formula is C14H16Cl2N4O2. The fourth-order valence-electron chi connectivity index (χ4n) is 1.87. The zero-order chi connectivity index (χ0) is 14.5. The highest BCUT2D eigenvalue weighted by Gasteiger charge is 2.08. The number of carbonyl (C=O) groups excluding carboxylic acids is 2. The molecule has 0 spiro atoms. The molecule has 118 valence electrons. The number of carbonyl (C=O) groups is 2. The summed E-state index contributed by atoms with van der Waals surface area (Å²) in [6, 6.07) is 7.60. The van der Waals surface area contributed by atoms with Crippen molar-refractivity contribution in [3.8, 4) is 11.1 Å². The van der Waals surface area contributed by atoms with Crippen LogP contribution >= 0.6 is 0 Å². The van der Waals surface area contributed by atoms with Gasteiger partial charge in [0.05, 0.1) is 0 Å². The molecule has 4 N–H and O–H groups in total. The van der Waals surface area contributed by atoms with Crippen LogP contribution in [0.25, 0.3) is 11.1 Å². The smallest absolute Gasteiger partial charge is 0.283 e. The van der Waals surface area contributed by atoms with E-state index >= 15 is 0 Å². The van der Waals surface area contributed by atoms with Crippen molar-refractivity contribution in [3.05, 3.63) is 49.1 Å². The van der Waals surface area contributed by atoms with Crippen molar-refractivity contribution in [3.63, 3.8) is 0 Å². The van der Waals surface area contributed by atoms with Gasteiger partial charge in [-0.1, -0.05) is 0 Å². The third-order valence-corrected chi connectivity index (χ3v) is 2.79. The van der Waals surface area contributed by atoms with E-state index in [1.54, 1.807) is 33.9 Å². The second-order valence-electron chi connectivity index (χ2n) is 4.45. The van der Waals surface area contributed by atoms with Gasteiger partial charge >= 0.3 is 0 Å². The highest BCUT2D eigenvalue weighted by molar-refractivity contribution is 5.72. The number of amides is 2. The zero-order valence-electron chi connectivity index (χ0n) is 11.7. The van der Waals surface area contributed by atoms with E-state index < -0.39 is 0 Å². The van der Waals surface area contributed by atoms with Crippen LogP contribution in [-0.4, -0.2) is 11.8 Å². The van der Waals surface area contributed by atoms with Crippen LogP contribution in [0, 0.1) is 0 Å². The quantitative estimate of drug-likeness (QED) is 0.528. The van der Waals surface area contributed by atoms with E-state index in [0.29, 0.717) is 0 Å². The third-order valence-electron chi connectivity index (χ3n) is 2.79. The van der Waals surface area contributed by atoms with Crippen molar-refractivity contribution >= 4 is 11.8 Å². The molecule has 0 radical (unpaired) electrons. The predicted molar refractivity (Wildman–Crippen MR) is 70.7 cm³/mol. The van der Waals surface area contributed by atoms with Gasteiger partial charge in [0.25, 0.3) is 11.8 Å². The van der Waals surface area contributed by atoms with E-state index in [4.69, 9.17) is 11.5 Å². The molecule has 2 aromatic heterocycles. The maximum absolute atomic E-state index is 10.8. The number of nitrogens with zero attached hydrogens (tertiary/aromatic N) is 2. The summed E-state index contributed by atoms with van der Waals surface area (Å²) in [6.45, 7) is 0.321. The largest absolute Gasteiger partial charge is 1.00 e. The topological polar surface area (TPSA) is 93.9 Å². The van der Waals surface area contributed by atoms with Gasteiger partial charge in [-0.25, -0.2) is 0 Å². The van der Waals surface area contributed by atoms with Gasteiger partial charge in [-0.2, -0.15) is 9.13 Å². The molecule has 2 rings (SSSR count). The second-order valence-corrected chi connectivity index (χ2v) is 4.45.